The number of benzene rings is 2. The molecule has 1 aliphatic heterocycles. The lowest BCUT2D eigenvalue weighted by Gasteiger charge is -2.34. The Morgan fingerprint density at radius 3 is 2.14 bits per heavy atom. The zero-order valence-electron chi connectivity index (χ0n) is 16.9. The molecule has 3 rings (SSSR count). The summed E-state index contributed by atoms with van der Waals surface area (Å²) in [5.41, 5.74) is 1.09. The highest BCUT2D eigenvalue weighted by atomic mass is 16.5. The molecule has 1 fully saturated rings. The van der Waals surface area contributed by atoms with Gasteiger partial charge in [0.1, 0.15) is 11.5 Å². The molecule has 2 aromatic carbocycles. The maximum Gasteiger partial charge on any atom is 0.260 e. The molecule has 0 aliphatic carbocycles. The number of para-hydroxylation sites is 2. The summed E-state index contributed by atoms with van der Waals surface area (Å²) in [6, 6.07) is 17.2. The summed E-state index contributed by atoms with van der Waals surface area (Å²) in [6.07, 6.45) is 1.13. The van der Waals surface area contributed by atoms with Crippen molar-refractivity contribution in [3.05, 3.63) is 60.2 Å². The van der Waals surface area contributed by atoms with Gasteiger partial charge < -0.3 is 19.3 Å². The van der Waals surface area contributed by atoms with Gasteiger partial charge in [0.15, 0.2) is 6.61 Å². The predicted octanol–water partition coefficient (Wildman–Crippen LogP) is 2.90. The van der Waals surface area contributed by atoms with E-state index >= 15 is 0 Å². The number of hydrogen-bond donors (Lipinski definition) is 0. The second-order valence-electron chi connectivity index (χ2n) is 7.08. The van der Waals surface area contributed by atoms with E-state index in [1.54, 1.807) is 4.90 Å². The van der Waals surface area contributed by atoms with E-state index in [-0.39, 0.29) is 18.4 Å². The van der Waals surface area contributed by atoms with E-state index in [4.69, 9.17) is 9.47 Å². The lowest BCUT2D eigenvalue weighted by molar-refractivity contribution is -0.140. The van der Waals surface area contributed by atoms with Crippen LogP contribution in [0.4, 0.5) is 0 Å². The summed E-state index contributed by atoms with van der Waals surface area (Å²) in [5.74, 6) is 1.62. The van der Waals surface area contributed by atoms with Gasteiger partial charge in [-0.05, 0) is 37.1 Å². The Bertz CT molecular complexity index is 802. The lowest BCUT2D eigenvalue weighted by atomic mass is 10.2. The molecule has 1 saturated heterocycles. The van der Waals surface area contributed by atoms with E-state index in [2.05, 4.69) is 0 Å². The maximum absolute atomic E-state index is 12.4. The second-order valence-corrected chi connectivity index (χ2v) is 7.08. The molecule has 1 aliphatic rings. The van der Waals surface area contributed by atoms with E-state index in [1.807, 2.05) is 66.4 Å². The van der Waals surface area contributed by atoms with Crippen molar-refractivity contribution < 1.29 is 19.1 Å². The lowest BCUT2D eigenvalue weighted by Crippen LogP contribution is -2.51. The van der Waals surface area contributed by atoms with Crippen LogP contribution in [-0.4, -0.2) is 61.0 Å². The molecular weight excluding hydrogens is 368 g/mol. The Labute approximate surface area is 172 Å². The number of piperazine rings is 1. The van der Waals surface area contributed by atoms with Crippen LogP contribution in [0.15, 0.2) is 54.6 Å². The molecule has 0 bridgehead atoms. The minimum Gasteiger partial charge on any atom is -0.493 e. The van der Waals surface area contributed by atoms with Crippen molar-refractivity contribution in [2.24, 2.45) is 0 Å². The third-order valence-electron chi connectivity index (χ3n) is 4.98. The predicted molar refractivity (Wildman–Crippen MR) is 111 cm³/mol. The first-order valence-corrected chi connectivity index (χ1v) is 10.1. The van der Waals surface area contributed by atoms with Gasteiger partial charge in [-0.2, -0.15) is 0 Å². The van der Waals surface area contributed by atoms with Crippen LogP contribution in [0, 0.1) is 6.92 Å². The topological polar surface area (TPSA) is 59.1 Å². The summed E-state index contributed by atoms with van der Waals surface area (Å²) in [7, 11) is 0. The van der Waals surface area contributed by atoms with Crippen LogP contribution in [0.1, 0.15) is 18.4 Å². The van der Waals surface area contributed by atoms with Crippen molar-refractivity contribution in [2.75, 3.05) is 39.4 Å². The number of carbonyl (C=O) groups excluding carboxylic acids is 2. The van der Waals surface area contributed by atoms with E-state index < -0.39 is 0 Å². The Morgan fingerprint density at radius 2 is 1.45 bits per heavy atom. The molecule has 0 saturated carbocycles. The first-order valence-electron chi connectivity index (χ1n) is 10.1. The molecule has 0 unspecified atom stereocenters. The van der Waals surface area contributed by atoms with Crippen LogP contribution in [0.25, 0.3) is 0 Å². The minimum absolute atomic E-state index is 0.0220. The number of ether oxygens (including phenoxy) is 2. The molecule has 2 amide bonds. The highest BCUT2D eigenvalue weighted by molar-refractivity contribution is 5.79. The molecule has 0 atom stereocenters. The number of hydrogen-bond acceptors (Lipinski definition) is 4. The minimum atomic E-state index is -0.0485. The largest absolute Gasteiger partial charge is 0.493 e. The monoisotopic (exact) mass is 396 g/mol. The number of nitrogens with zero attached hydrogens (tertiary/aromatic N) is 2. The van der Waals surface area contributed by atoms with Gasteiger partial charge in [0.25, 0.3) is 5.91 Å². The Hall–Kier alpha value is -3.02. The van der Waals surface area contributed by atoms with Gasteiger partial charge in [-0.1, -0.05) is 36.4 Å². The van der Waals surface area contributed by atoms with Gasteiger partial charge in [0.05, 0.1) is 6.61 Å². The quantitative estimate of drug-likeness (QED) is 0.644. The average Bonchev–Trinajstić information content (AvgIpc) is 2.77. The highest BCUT2D eigenvalue weighted by Gasteiger charge is 2.24. The number of amides is 2. The van der Waals surface area contributed by atoms with E-state index in [0.717, 1.165) is 11.3 Å². The molecule has 0 aromatic heterocycles. The fourth-order valence-corrected chi connectivity index (χ4v) is 3.24. The summed E-state index contributed by atoms with van der Waals surface area (Å²) >= 11 is 0. The second kappa shape index (κ2) is 10.5. The summed E-state index contributed by atoms with van der Waals surface area (Å²) in [5, 5.41) is 0. The van der Waals surface area contributed by atoms with Crippen LogP contribution in [0.5, 0.6) is 11.5 Å². The van der Waals surface area contributed by atoms with Crippen molar-refractivity contribution >= 4 is 11.8 Å². The summed E-state index contributed by atoms with van der Waals surface area (Å²) < 4.78 is 11.3. The third kappa shape index (κ3) is 6.24. The summed E-state index contributed by atoms with van der Waals surface area (Å²) in [6.45, 7) is 4.76. The van der Waals surface area contributed by atoms with Gasteiger partial charge >= 0.3 is 0 Å². The molecule has 6 nitrogen and oxygen atoms in total. The van der Waals surface area contributed by atoms with Gasteiger partial charge in [-0.15, -0.1) is 0 Å². The van der Waals surface area contributed by atoms with Gasteiger partial charge in [0, 0.05) is 32.6 Å². The van der Waals surface area contributed by atoms with Crippen LogP contribution < -0.4 is 9.47 Å². The van der Waals surface area contributed by atoms with Crippen LogP contribution in [0.3, 0.4) is 0 Å². The zero-order chi connectivity index (χ0) is 20.5. The van der Waals surface area contributed by atoms with E-state index in [1.165, 1.54) is 0 Å². The van der Waals surface area contributed by atoms with Crippen molar-refractivity contribution in [3.8, 4) is 11.5 Å². The van der Waals surface area contributed by atoms with Crippen molar-refractivity contribution in [1.82, 2.24) is 9.80 Å². The molecule has 29 heavy (non-hydrogen) atoms. The van der Waals surface area contributed by atoms with Gasteiger partial charge in [-0.3, -0.25) is 9.59 Å². The van der Waals surface area contributed by atoms with Crippen LogP contribution in [-0.2, 0) is 9.59 Å². The highest BCUT2D eigenvalue weighted by Crippen LogP contribution is 2.16. The van der Waals surface area contributed by atoms with Crippen LogP contribution >= 0.6 is 0 Å². The normalized spacial score (nSPS) is 13.8. The Balaban J connectivity index is 1.32. The third-order valence-corrected chi connectivity index (χ3v) is 4.98. The fourth-order valence-electron chi connectivity index (χ4n) is 3.24. The van der Waals surface area contributed by atoms with Crippen LogP contribution in [0.2, 0.25) is 0 Å². The molecule has 0 radical (unpaired) electrons. The number of carbonyl (C=O) groups is 2. The molecule has 2 aromatic rings. The van der Waals surface area contributed by atoms with Crippen molar-refractivity contribution in [3.63, 3.8) is 0 Å². The molecule has 0 N–H and O–H groups in total. The van der Waals surface area contributed by atoms with Gasteiger partial charge in [0.2, 0.25) is 5.91 Å². The molecule has 0 spiro atoms. The first-order chi connectivity index (χ1) is 14.1. The summed E-state index contributed by atoms with van der Waals surface area (Å²) in [4.78, 5) is 28.3. The SMILES string of the molecule is Cc1ccccc1OCCCC(=O)N1CCN(C(=O)COc2ccccc2)CC1. The van der Waals surface area contributed by atoms with E-state index in [0.29, 0.717) is 51.4 Å². The Kier molecular flexibility index (Phi) is 7.50. The van der Waals surface area contributed by atoms with Gasteiger partial charge in [-0.25, -0.2) is 0 Å². The fraction of sp³-hybridized carbons (Fsp3) is 0.391. The number of rotatable bonds is 8. The molecule has 154 valence electrons. The van der Waals surface area contributed by atoms with E-state index in [9.17, 15) is 9.59 Å². The van der Waals surface area contributed by atoms with Crippen molar-refractivity contribution in [1.29, 1.82) is 0 Å². The zero-order valence-corrected chi connectivity index (χ0v) is 16.9. The molecular formula is C23H28N2O4. The molecule has 6 heteroatoms. The first kappa shape index (κ1) is 20.7. The Morgan fingerprint density at radius 1 is 0.828 bits per heavy atom. The molecule has 1 heterocycles. The maximum atomic E-state index is 12.4. The number of aryl methyl sites for hydroxylation is 1. The smallest absolute Gasteiger partial charge is 0.260 e. The standard InChI is InChI=1S/C23H28N2O4/c1-19-8-5-6-11-21(19)28-17-7-12-22(26)24-13-15-25(16-14-24)23(27)18-29-20-9-3-2-4-10-20/h2-6,8-11H,7,12-18H2,1H3. The van der Waals surface area contributed by atoms with Crippen molar-refractivity contribution in [2.45, 2.75) is 19.8 Å². The average molecular weight is 396 g/mol.